The summed E-state index contributed by atoms with van der Waals surface area (Å²) in [5.41, 5.74) is -0.174. The van der Waals surface area contributed by atoms with E-state index >= 15 is 0 Å². The lowest BCUT2D eigenvalue weighted by molar-refractivity contribution is 0.0170. The first kappa shape index (κ1) is 13.1. The third kappa shape index (κ3) is 1.91. The summed E-state index contributed by atoms with van der Waals surface area (Å²) in [5, 5.41) is 9.80. The zero-order chi connectivity index (χ0) is 13.8. The molecule has 2 fully saturated rings. The molecule has 0 amide bonds. The summed E-state index contributed by atoms with van der Waals surface area (Å²) in [7, 11) is -3.08. The number of fused-ring (bicyclic) bond motifs is 2. The molecule has 1 aromatic carbocycles. The Morgan fingerprint density at radius 1 is 1.26 bits per heavy atom. The van der Waals surface area contributed by atoms with Crippen LogP contribution in [0, 0.1) is 12.7 Å². The lowest BCUT2D eigenvalue weighted by Gasteiger charge is -2.36. The SMILES string of the molecule is Cc1ccc(C2(O)CC3CCC(C2)S3(=O)=O)cc1F. The highest BCUT2D eigenvalue weighted by atomic mass is 32.2. The summed E-state index contributed by atoms with van der Waals surface area (Å²) >= 11 is 0. The maximum Gasteiger partial charge on any atom is 0.156 e. The molecule has 0 radical (unpaired) electrons. The number of rotatable bonds is 1. The predicted octanol–water partition coefficient (Wildman–Crippen LogP) is 2.06. The van der Waals surface area contributed by atoms with E-state index in [9.17, 15) is 17.9 Å². The number of aryl methyl sites for hydroxylation is 1. The molecule has 3 rings (SSSR count). The molecule has 0 aliphatic carbocycles. The Labute approximate surface area is 112 Å². The average Bonchev–Trinajstić information content (AvgIpc) is 2.53. The standard InChI is InChI=1S/C14H17FO3S/c1-9-2-3-10(6-13(9)15)14(16)7-11-4-5-12(8-14)19(11,17)18/h2-3,6,11-12,16H,4-5,7-8H2,1H3. The molecule has 19 heavy (non-hydrogen) atoms. The zero-order valence-electron chi connectivity index (χ0n) is 10.8. The number of aliphatic hydroxyl groups is 1. The molecule has 5 heteroatoms. The number of sulfone groups is 1. The molecule has 2 saturated heterocycles. The lowest BCUT2D eigenvalue weighted by atomic mass is 9.85. The molecule has 2 bridgehead atoms. The second kappa shape index (κ2) is 4.03. The van der Waals surface area contributed by atoms with Crippen LogP contribution in [-0.2, 0) is 15.4 Å². The van der Waals surface area contributed by atoms with Gasteiger partial charge in [0, 0.05) is 0 Å². The van der Waals surface area contributed by atoms with Gasteiger partial charge in [-0.05, 0) is 49.8 Å². The smallest absolute Gasteiger partial charge is 0.156 e. The van der Waals surface area contributed by atoms with Crippen LogP contribution in [0.1, 0.15) is 36.8 Å². The maximum absolute atomic E-state index is 13.6. The molecule has 2 atom stereocenters. The van der Waals surface area contributed by atoms with Gasteiger partial charge in [-0.15, -0.1) is 0 Å². The van der Waals surface area contributed by atoms with Gasteiger partial charge in [-0.1, -0.05) is 12.1 Å². The van der Waals surface area contributed by atoms with E-state index in [1.165, 1.54) is 6.07 Å². The molecule has 0 aromatic heterocycles. The molecule has 2 heterocycles. The van der Waals surface area contributed by atoms with Gasteiger partial charge in [0.1, 0.15) is 5.82 Å². The second-order valence-corrected chi connectivity index (χ2v) is 8.33. The van der Waals surface area contributed by atoms with Crippen molar-refractivity contribution in [1.29, 1.82) is 0 Å². The fraction of sp³-hybridized carbons (Fsp3) is 0.571. The second-order valence-electron chi connectivity index (χ2n) is 5.81. The van der Waals surface area contributed by atoms with Gasteiger partial charge in [0.15, 0.2) is 9.84 Å². The summed E-state index contributed by atoms with van der Waals surface area (Å²) in [4.78, 5) is 0. The van der Waals surface area contributed by atoms with Gasteiger partial charge in [-0.3, -0.25) is 0 Å². The minimum atomic E-state index is -3.08. The van der Waals surface area contributed by atoms with E-state index in [1.807, 2.05) is 0 Å². The van der Waals surface area contributed by atoms with Crippen molar-refractivity contribution in [1.82, 2.24) is 0 Å². The molecular weight excluding hydrogens is 267 g/mol. The predicted molar refractivity (Wildman–Crippen MR) is 70.0 cm³/mol. The Balaban J connectivity index is 1.99. The van der Waals surface area contributed by atoms with E-state index in [2.05, 4.69) is 0 Å². The van der Waals surface area contributed by atoms with Crippen LogP contribution in [0.15, 0.2) is 18.2 Å². The Hall–Kier alpha value is -0.940. The van der Waals surface area contributed by atoms with Crippen molar-refractivity contribution in [3.63, 3.8) is 0 Å². The molecular formula is C14H17FO3S. The Morgan fingerprint density at radius 2 is 1.84 bits per heavy atom. The van der Waals surface area contributed by atoms with Gasteiger partial charge in [0.05, 0.1) is 16.1 Å². The lowest BCUT2D eigenvalue weighted by Crippen LogP contribution is -2.43. The van der Waals surface area contributed by atoms with Gasteiger partial charge < -0.3 is 5.11 Å². The van der Waals surface area contributed by atoms with Crippen molar-refractivity contribution in [3.05, 3.63) is 35.1 Å². The number of hydrogen-bond acceptors (Lipinski definition) is 3. The van der Waals surface area contributed by atoms with Crippen LogP contribution < -0.4 is 0 Å². The van der Waals surface area contributed by atoms with Crippen LogP contribution in [-0.4, -0.2) is 24.0 Å². The van der Waals surface area contributed by atoms with Crippen molar-refractivity contribution in [3.8, 4) is 0 Å². The van der Waals surface area contributed by atoms with Crippen molar-refractivity contribution in [2.24, 2.45) is 0 Å². The third-order valence-corrected chi connectivity index (χ3v) is 7.24. The monoisotopic (exact) mass is 284 g/mol. The molecule has 3 nitrogen and oxygen atoms in total. The van der Waals surface area contributed by atoms with E-state index < -0.39 is 25.9 Å². The summed E-state index contributed by atoms with van der Waals surface area (Å²) in [6.45, 7) is 1.66. The quantitative estimate of drug-likeness (QED) is 0.859. The van der Waals surface area contributed by atoms with Crippen LogP contribution in [0.3, 0.4) is 0 Å². The van der Waals surface area contributed by atoms with E-state index in [4.69, 9.17) is 0 Å². The summed E-state index contributed by atoms with van der Waals surface area (Å²) in [5.74, 6) is -0.355. The van der Waals surface area contributed by atoms with Crippen molar-refractivity contribution in [2.45, 2.75) is 48.7 Å². The Morgan fingerprint density at radius 3 is 2.37 bits per heavy atom. The zero-order valence-corrected chi connectivity index (χ0v) is 11.6. The van der Waals surface area contributed by atoms with E-state index in [1.54, 1.807) is 19.1 Å². The molecule has 0 spiro atoms. The first-order chi connectivity index (χ1) is 8.83. The first-order valence-electron chi connectivity index (χ1n) is 6.55. The van der Waals surface area contributed by atoms with Crippen molar-refractivity contribution < 1.29 is 17.9 Å². The normalized spacial score (nSPS) is 36.4. The molecule has 2 unspecified atom stereocenters. The molecule has 2 aliphatic heterocycles. The summed E-state index contributed by atoms with van der Waals surface area (Å²) in [6, 6.07) is 4.68. The molecule has 1 aromatic rings. The van der Waals surface area contributed by atoms with Gasteiger partial charge in [0.25, 0.3) is 0 Å². The fourth-order valence-corrected chi connectivity index (χ4v) is 5.85. The van der Waals surface area contributed by atoms with Gasteiger partial charge in [-0.2, -0.15) is 0 Å². The van der Waals surface area contributed by atoms with Crippen LogP contribution >= 0.6 is 0 Å². The number of halogens is 1. The first-order valence-corrected chi connectivity index (χ1v) is 8.15. The van der Waals surface area contributed by atoms with Crippen LogP contribution in [0.25, 0.3) is 0 Å². The molecule has 2 aliphatic rings. The highest BCUT2D eigenvalue weighted by Gasteiger charge is 2.53. The largest absolute Gasteiger partial charge is 0.385 e. The number of hydrogen-bond donors (Lipinski definition) is 1. The fourth-order valence-electron chi connectivity index (χ4n) is 3.36. The summed E-state index contributed by atoms with van der Waals surface area (Å²) < 4.78 is 37.7. The van der Waals surface area contributed by atoms with E-state index in [0.29, 0.717) is 24.0 Å². The summed E-state index contributed by atoms with van der Waals surface area (Å²) in [6.07, 6.45) is 1.61. The minimum absolute atomic E-state index is 0.189. The maximum atomic E-state index is 13.6. The topological polar surface area (TPSA) is 54.4 Å². The molecule has 104 valence electrons. The highest BCUT2D eigenvalue weighted by molar-refractivity contribution is 7.93. The van der Waals surface area contributed by atoms with Crippen molar-refractivity contribution >= 4 is 9.84 Å². The highest BCUT2D eigenvalue weighted by Crippen LogP contribution is 2.47. The van der Waals surface area contributed by atoms with Crippen LogP contribution in [0.4, 0.5) is 4.39 Å². The number of benzene rings is 1. The molecule has 1 N–H and O–H groups in total. The Kier molecular flexibility index (Phi) is 2.77. The van der Waals surface area contributed by atoms with Crippen LogP contribution in [0.5, 0.6) is 0 Å². The molecule has 0 saturated carbocycles. The van der Waals surface area contributed by atoms with Gasteiger partial charge >= 0.3 is 0 Å². The van der Waals surface area contributed by atoms with E-state index in [-0.39, 0.29) is 18.7 Å². The van der Waals surface area contributed by atoms with Crippen molar-refractivity contribution in [2.75, 3.05) is 0 Å². The minimum Gasteiger partial charge on any atom is -0.385 e. The Bertz CT molecular complexity index is 604. The van der Waals surface area contributed by atoms with Gasteiger partial charge in [0.2, 0.25) is 0 Å². The van der Waals surface area contributed by atoms with Gasteiger partial charge in [-0.25, -0.2) is 12.8 Å². The van der Waals surface area contributed by atoms with Crippen LogP contribution in [0.2, 0.25) is 0 Å². The van der Waals surface area contributed by atoms with E-state index in [0.717, 1.165) is 0 Å². The average molecular weight is 284 g/mol. The third-order valence-electron chi connectivity index (χ3n) is 4.58.